The van der Waals surface area contributed by atoms with Crippen LogP contribution < -0.4 is 10.6 Å². The topological polar surface area (TPSA) is 73.6 Å². The summed E-state index contributed by atoms with van der Waals surface area (Å²) in [5, 5.41) is 15.2. The number of rotatable bonds is 5. The minimum atomic E-state index is 0.624. The number of aromatic nitrogens is 2. The van der Waals surface area contributed by atoms with Gasteiger partial charge in [0, 0.05) is 26.1 Å². The third-order valence-electron chi connectivity index (χ3n) is 2.87. The van der Waals surface area contributed by atoms with Crippen molar-refractivity contribution < 1.29 is 0 Å². The van der Waals surface area contributed by atoms with Crippen LogP contribution >= 0.6 is 0 Å². The smallest absolute Gasteiger partial charge is 0.132 e. The standard InChI is InChI=1S/C15H17N5/c1-3-13-19-14(17-2)8-15(20-13)18-10-12-6-4-5-11(7-12)9-16/h4-8H,3,10H2,1-2H3,(H2,17,18,19,20). The summed E-state index contributed by atoms with van der Waals surface area (Å²) < 4.78 is 0. The molecule has 2 N–H and O–H groups in total. The van der Waals surface area contributed by atoms with Gasteiger partial charge in [-0.25, -0.2) is 9.97 Å². The van der Waals surface area contributed by atoms with Crippen molar-refractivity contribution in [2.45, 2.75) is 19.9 Å². The van der Waals surface area contributed by atoms with Gasteiger partial charge >= 0.3 is 0 Å². The number of hydrogen-bond donors (Lipinski definition) is 2. The number of aryl methyl sites for hydroxylation is 1. The van der Waals surface area contributed by atoms with E-state index in [4.69, 9.17) is 5.26 Å². The Hall–Kier alpha value is -2.61. The fourth-order valence-corrected chi connectivity index (χ4v) is 1.82. The third kappa shape index (κ3) is 3.45. The Bertz CT molecular complexity index is 608. The predicted octanol–water partition coefficient (Wildman–Crippen LogP) is 2.56. The fourth-order valence-electron chi connectivity index (χ4n) is 1.82. The molecule has 0 unspecified atom stereocenters. The zero-order valence-electron chi connectivity index (χ0n) is 11.6. The normalized spacial score (nSPS) is 9.85. The van der Waals surface area contributed by atoms with Crippen molar-refractivity contribution in [2.75, 3.05) is 17.7 Å². The fraction of sp³-hybridized carbons (Fsp3) is 0.267. The van der Waals surface area contributed by atoms with E-state index in [-0.39, 0.29) is 0 Å². The van der Waals surface area contributed by atoms with Gasteiger partial charge in [-0.3, -0.25) is 0 Å². The summed E-state index contributed by atoms with van der Waals surface area (Å²) in [6, 6.07) is 11.5. The molecule has 0 aliphatic carbocycles. The quantitative estimate of drug-likeness (QED) is 0.871. The van der Waals surface area contributed by atoms with Crippen LogP contribution in [0.4, 0.5) is 11.6 Å². The van der Waals surface area contributed by atoms with E-state index in [2.05, 4.69) is 26.7 Å². The van der Waals surface area contributed by atoms with Crippen LogP contribution in [0.25, 0.3) is 0 Å². The van der Waals surface area contributed by atoms with Gasteiger partial charge in [-0.2, -0.15) is 5.26 Å². The number of nitriles is 1. The van der Waals surface area contributed by atoms with E-state index >= 15 is 0 Å². The highest BCUT2D eigenvalue weighted by molar-refractivity contribution is 5.47. The van der Waals surface area contributed by atoms with Crippen molar-refractivity contribution in [2.24, 2.45) is 0 Å². The van der Waals surface area contributed by atoms with Gasteiger partial charge in [0.1, 0.15) is 17.5 Å². The maximum absolute atomic E-state index is 8.88. The molecule has 0 saturated carbocycles. The molecule has 0 saturated heterocycles. The van der Waals surface area contributed by atoms with Crippen LogP contribution in [0.15, 0.2) is 30.3 Å². The summed E-state index contributed by atoms with van der Waals surface area (Å²) in [6.45, 7) is 2.65. The van der Waals surface area contributed by atoms with Crippen molar-refractivity contribution in [3.63, 3.8) is 0 Å². The Morgan fingerprint density at radius 2 is 2.00 bits per heavy atom. The van der Waals surface area contributed by atoms with Crippen LogP contribution in [0.2, 0.25) is 0 Å². The van der Waals surface area contributed by atoms with E-state index in [0.717, 1.165) is 29.4 Å². The van der Waals surface area contributed by atoms with E-state index in [1.54, 1.807) is 6.07 Å². The summed E-state index contributed by atoms with van der Waals surface area (Å²) >= 11 is 0. The highest BCUT2D eigenvalue weighted by Gasteiger charge is 2.02. The minimum Gasteiger partial charge on any atom is -0.373 e. The van der Waals surface area contributed by atoms with Gasteiger partial charge in [-0.05, 0) is 17.7 Å². The Labute approximate surface area is 118 Å². The summed E-state index contributed by atoms with van der Waals surface area (Å²) in [5.74, 6) is 2.37. The van der Waals surface area contributed by atoms with Crippen LogP contribution in [0, 0.1) is 11.3 Å². The Kier molecular flexibility index (Phi) is 4.51. The van der Waals surface area contributed by atoms with E-state index < -0.39 is 0 Å². The van der Waals surface area contributed by atoms with E-state index in [0.29, 0.717) is 12.1 Å². The number of benzene rings is 1. The lowest BCUT2D eigenvalue weighted by molar-refractivity contribution is 0.934. The second kappa shape index (κ2) is 6.53. The number of hydrogen-bond acceptors (Lipinski definition) is 5. The second-order valence-electron chi connectivity index (χ2n) is 4.32. The molecule has 20 heavy (non-hydrogen) atoms. The molecule has 0 spiro atoms. The number of nitrogens with zero attached hydrogens (tertiary/aromatic N) is 3. The molecule has 0 fully saturated rings. The number of nitrogens with one attached hydrogen (secondary N) is 2. The highest BCUT2D eigenvalue weighted by atomic mass is 15.1. The molecular weight excluding hydrogens is 250 g/mol. The van der Waals surface area contributed by atoms with Gasteiger partial charge in [0.15, 0.2) is 0 Å². The first-order valence-electron chi connectivity index (χ1n) is 6.53. The predicted molar refractivity (Wildman–Crippen MR) is 79.4 cm³/mol. The lowest BCUT2D eigenvalue weighted by Crippen LogP contribution is -2.06. The maximum atomic E-state index is 8.88. The van der Waals surface area contributed by atoms with Gasteiger partial charge < -0.3 is 10.6 Å². The number of anilines is 2. The van der Waals surface area contributed by atoms with Crippen molar-refractivity contribution in [3.05, 3.63) is 47.3 Å². The lowest BCUT2D eigenvalue weighted by Gasteiger charge is -2.09. The zero-order valence-corrected chi connectivity index (χ0v) is 11.6. The molecule has 102 valence electrons. The van der Waals surface area contributed by atoms with Crippen LogP contribution in [-0.4, -0.2) is 17.0 Å². The van der Waals surface area contributed by atoms with Gasteiger partial charge in [0.05, 0.1) is 11.6 Å². The van der Waals surface area contributed by atoms with Gasteiger partial charge in [0.25, 0.3) is 0 Å². The largest absolute Gasteiger partial charge is 0.373 e. The molecule has 1 aromatic carbocycles. The summed E-state index contributed by atoms with van der Waals surface area (Å²) in [5.41, 5.74) is 1.71. The molecule has 0 atom stereocenters. The van der Waals surface area contributed by atoms with Crippen molar-refractivity contribution in [1.82, 2.24) is 9.97 Å². The maximum Gasteiger partial charge on any atom is 0.132 e. The first-order valence-corrected chi connectivity index (χ1v) is 6.53. The summed E-state index contributed by atoms with van der Waals surface area (Å²) in [6.07, 6.45) is 0.786. The molecule has 5 heteroatoms. The van der Waals surface area contributed by atoms with E-state index in [1.165, 1.54) is 0 Å². The van der Waals surface area contributed by atoms with Gasteiger partial charge in [0.2, 0.25) is 0 Å². The van der Waals surface area contributed by atoms with Crippen molar-refractivity contribution in [3.8, 4) is 6.07 Å². The molecule has 2 rings (SSSR count). The monoisotopic (exact) mass is 267 g/mol. The van der Waals surface area contributed by atoms with Gasteiger partial charge in [-0.1, -0.05) is 19.1 Å². The summed E-state index contributed by atoms with van der Waals surface area (Å²) in [4.78, 5) is 8.78. The molecule has 0 aliphatic rings. The van der Waals surface area contributed by atoms with E-state index in [1.807, 2.05) is 38.2 Å². The Morgan fingerprint density at radius 3 is 2.70 bits per heavy atom. The first-order chi connectivity index (χ1) is 9.75. The summed E-state index contributed by atoms with van der Waals surface area (Å²) in [7, 11) is 1.84. The minimum absolute atomic E-state index is 0.624. The molecule has 2 aromatic rings. The third-order valence-corrected chi connectivity index (χ3v) is 2.87. The van der Waals surface area contributed by atoms with Crippen LogP contribution in [0.5, 0.6) is 0 Å². The van der Waals surface area contributed by atoms with Crippen LogP contribution in [-0.2, 0) is 13.0 Å². The molecule has 5 nitrogen and oxygen atoms in total. The molecule has 1 heterocycles. The van der Waals surface area contributed by atoms with Crippen molar-refractivity contribution >= 4 is 11.6 Å². The van der Waals surface area contributed by atoms with Gasteiger partial charge in [-0.15, -0.1) is 0 Å². The first kappa shape index (κ1) is 13.8. The van der Waals surface area contributed by atoms with E-state index in [9.17, 15) is 0 Å². The van der Waals surface area contributed by atoms with Crippen molar-refractivity contribution in [1.29, 1.82) is 5.26 Å². The SMILES string of the molecule is CCc1nc(NC)cc(NCc2cccc(C#N)c2)n1. The lowest BCUT2D eigenvalue weighted by atomic mass is 10.1. The Balaban J connectivity index is 2.12. The molecule has 0 radical (unpaired) electrons. The average Bonchev–Trinajstić information content (AvgIpc) is 2.52. The second-order valence-corrected chi connectivity index (χ2v) is 4.32. The molecule has 1 aromatic heterocycles. The Morgan fingerprint density at radius 1 is 1.20 bits per heavy atom. The zero-order chi connectivity index (χ0) is 14.4. The molecule has 0 bridgehead atoms. The average molecular weight is 267 g/mol. The highest BCUT2D eigenvalue weighted by Crippen LogP contribution is 2.13. The van der Waals surface area contributed by atoms with Crippen LogP contribution in [0.1, 0.15) is 23.9 Å². The van der Waals surface area contributed by atoms with Crippen LogP contribution in [0.3, 0.4) is 0 Å². The molecule has 0 amide bonds. The molecule has 0 aliphatic heterocycles. The molecular formula is C15H17N5.